The Morgan fingerprint density at radius 2 is 1.68 bits per heavy atom. The summed E-state index contributed by atoms with van der Waals surface area (Å²) in [6.45, 7) is 5.45. The first kappa shape index (κ1) is 25.1. The fourth-order valence-corrected chi connectivity index (χ4v) is 6.36. The van der Waals surface area contributed by atoms with Crippen LogP contribution in [0, 0.1) is 23.2 Å². The molecule has 0 aromatic heterocycles. The predicted octanol–water partition coefficient (Wildman–Crippen LogP) is 4.50. The highest BCUT2D eigenvalue weighted by Crippen LogP contribution is 2.55. The van der Waals surface area contributed by atoms with Gasteiger partial charge in [0.25, 0.3) is 0 Å². The van der Waals surface area contributed by atoms with Crippen LogP contribution in [0.2, 0.25) is 0 Å². The molecule has 3 saturated heterocycles. The monoisotopic (exact) mass is 541 g/mol. The molecule has 3 aliphatic rings. The Balaban J connectivity index is 1.59. The number of unbranched alkanes of at least 4 members (excludes halogenated alkanes) is 3. The van der Waals surface area contributed by atoms with Gasteiger partial charge in [-0.2, -0.15) is 18.4 Å². The molecule has 3 heterocycles. The molecule has 0 N–H and O–H groups in total. The highest BCUT2D eigenvalue weighted by molar-refractivity contribution is 9.09. The Hall–Kier alpha value is -1.96. The molecular formula is C24H27BrF3N3O3. The lowest BCUT2D eigenvalue weighted by Gasteiger charge is -2.45. The smallest absolute Gasteiger partial charge is 0.365 e. The van der Waals surface area contributed by atoms with E-state index in [0.29, 0.717) is 13.1 Å². The summed E-state index contributed by atoms with van der Waals surface area (Å²) in [7, 11) is 0. The van der Waals surface area contributed by atoms with Crippen LogP contribution in [0.1, 0.15) is 50.7 Å². The maximum atomic E-state index is 13.5. The van der Waals surface area contributed by atoms with Crippen molar-refractivity contribution in [3.8, 4) is 6.07 Å². The van der Waals surface area contributed by atoms with Crippen LogP contribution in [-0.4, -0.2) is 52.9 Å². The zero-order chi connectivity index (χ0) is 24.9. The molecule has 0 saturated carbocycles. The number of hydrogen-bond donors (Lipinski definition) is 0. The lowest BCUT2D eigenvalue weighted by Crippen LogP contribution is -2.58. The molecule has 4 unspecified atom stereocenters. The zero-order valence-electron chi connectivity index (χ0n) is 19.1. The number of nitriles is 1. The van der Waals surface area contributed by atoms with Crippen molar-refractivity contribution >= 4 is 33.4 Å². The van der Waals surface area contributed by atoms with Crippen molar-refractivity contribution < 1.29 is 27.5 Å². The van der Waals surface area contributed by atoms with Crippen molar-refractivity contribution in [3.05, 3.63) is 29.3 Å². The summed E-state index contributed by atoms with van der Waals surface area (Å²) in [6, 6.07) is 4.47. The highest BCUT2D eigenvalue weighted by atomic mass is 79.9. The van der Waals surface area contributed by atoms with Gasteiger partial charge in [0.05, 0.1) is 45.9 Å². The molecule has 4 atom stereocenters. The number of hydrogen-bond acceptors (Lipinski definition) is 5. The van der Waals surface area contributed by atoms with Gasteiger partial charge in [-0.25, -0.2) is 4.90 Å². The third-order valence-corrected chi connectivity index (χ3v) is 7.77. The number of ether oxygens (including phenoxy) is 1. The van der Waals surface area contributed by atoms with Gasteiger partial charge in [0.1, 0.15) is 0 Å². The van der Waals surface area contributed by atoms with E-state index in [1.54, 1.807) is 0 Å². The van der Waals surface area contributed by atoms with Crippen molar-refractivity contribution in [2.24, 2.45) is 11.8 Å². The van der Waals surface area contributed by atoms with Crippen LogP contribution in [0.15, 0.2) is 18.2 Å². The molecule has 2 amide bonds. The van der Waals surface area contributed by atoms with E-state index in [2.05, 4.69) is 20.8 Å². The predicted molar refractivity (Wildman–Crippen MR) is 122 cm³/mol. The minimum atomic E-state index is -4.78. The lowest BCUT2D eigenvalue weighted by molar-refractivity contribution is -0.169. The molecule has 3 aliphatic heterocycles. The summed E-state index contributed by atoms with van der Waals surface area (Å²) in [6.07, 6.45) is -0.433. The van der Waals surface area contributed by atoms with Crippen LogP contribution in [0.5, 0.6) is 0 Å². The maximum Gasteiger partial charge on any atom is 0.417 e. The summed E-state index contributed by atoms with van der Waals surface area (Å²) in [4.78, 5) is 30.1. The van der Waals surface area contributed by atoms with Gasteiger partial charge in [-0.3, -0.25) is 14.5 Å². The van der Waals surface area contributed by atoms with Crippen LogP contribution < -0.4 is 4.90 Å². The van der Waals surface area contributed by atoms with E-state index in [1.807, 2.05) is 13.8 Å². The number of likely N-dealkylation sites (tertiary alicyclic amines) is 1. The van der Waals surface area contributed by atoms with Gasteiger partial charge in [0.15, 0.2) is 0 Å². The van der Waals surface area contributed by atoms with E-state index in [1.165, 1.54) is 12.1 Å². The number of halogens is 4. The van der Waals surface area contributed by atoms with Gasteiger partial charge < -0.3 is 4.74 Å². The minimum absolute atomic E-state index is 0.162. The van der Waals surface area contributed by atoms with E-state index >= 15 is 0 Å². The SMILES string of the molecule is CC12CN(CCCCCCBr)CC(C)(O1)C1C(=O)N(c3ccc(C#N)c(C(F)(F)F)c3)C(=O)C12. The van der Waals surface area contributed by atoms with Crippen molar-refractivity contribution in [1.29, 1.82) is 5.26 Å². The zero-order valence-corrected chi connectivity index (χ0v) is 20.7. The second-order valence-corrected chi connectivity index (χ2v) is 10.6. The number of imide groups is 1. The number of carbonyl (C=O) groups excluding carboxylic acids is 2. The van der Waals surface area contributed by atoms with Gasteiger partial charge in [-0.1, -0.05) is 28.8 Å². The summed E-state index contributed by atoms with van der Waals surface area (Å²) >= 11 is 3.43. The van der Waals surface area contributed by atoms with Crippen LogP contribution >= 0.6 is 15.9 Å². The number of fused-ring (bicyclic) bond motifs is 5. The molecular weight excluding hydrogens is 515 g/mol. The van der Waals surface area contributed by atoms with Crippen molar-refractivity contribution in [1.82, 2.24) is 4.90 Å². The Bertz CT molecular complexity index is 1010. The number of anilines is 1. The average Bonchev–Trinajstić information content (AvgIpc) is 3.12. The Morgan fingerprint density at radius 3 is 2.21 bits per heavy atom. The number of benzene rings is 1. The highest BCUT2D eigenvalue weighted by Gasteiger charge is 2.71. The molecule has 1 aromatic carbocycles. The second-order valence-electron chi connectivity index (χ2n) is 9.85. The van der Waals surface area contributed by atoms with Crippen LogP contribution in [0.25, 0.3) is 0 Å². The van der Waals surface area contributed by atoms with Crippen LogP contribution in [0.3, 0.4) is 0 Å². The summed E-state index contributed by atoms with van der Waals surface area (Å²) in [5.74, 6) is -2.63. The largest absolute Gasteiger partial charge is 0.417 e. The first-order valence-electron chi connectivity index (χ1n) is 11.4. The third kappa shape index (κ3) is 4.16. The lowest BCUT2D eigenvalue weighted by atomic mass is 9.79. The van der Waals surface area contributed by atoms with E-state index in [4.69, 9.17) is 10.00 Å². The molecule has 2 bridgehead atoms. The number of morpholine rings is 1. The van der Waals surface area contributed by atoms with E-state index in [0.717, 1.165) is 54.6 Å². The Kier molecular flexibility index (Phi) is 6.60. The third-order valence-electron chi connectivity index (χ3n) is 7.21. The average molecular weight is 542 g/mol. The molecule has 34 heavy (non-hydrogen) atoms. The number of rotatable bonds is 7. The summed E-state index contributed by atoms with van der Waals surface area (Å²) < 4.78 is 46.8. The van der Waals surface area contributed by atoms with Gasteiger partial charge >= 0.3 is 6.18 Å². The molecule has 4 rings (SSSR count). The van der Waals surface area contributed by atoms with Crippen molar-refractivity contribution in [2.45, 2.75) is 56.9 Å². The Morgan fingerprint density at radius 1 is 1.09 bits per heavy atom. The van der Waals surface area contributed by atoms with E-state index < -0.39 is 52.2 Å². The molecule has 0 spiro atoms. The number of carbonyl (C=O) groups is 2. The molecule has 1 aromatic rings. The second kappa shape index (κ2) is 8.92. The first-order chi connectivity index (χ1) is 15.9. The van der Waals surface area contributed by atoms with Gasteiger partial charge in [0.2, 0.25) is 11.8 Å². The fourth-order valence-electron chi connectivity index (χ4n) is 5.96. The van der Waals surface area contributed by atoms with Crippen LogP contribution in [0.4, 0.5) is 18.9 Å². The number of nitrogens with zero attached hydrogens (tertiary/aromatic N) is 3. The van der Waals surface area contributed by atoms with Crippen molar-refractivity contribution in [3.63, 3.8) is 0 Å². The van der Waals surface area contributed by atoms with Crippen LogP contribution in [-0.2, 0) is 20.5 Å². The van der Waals surface area contributed by atoms with Gasteiger partial charge in [-0.15, -0.1) is 0 Å². The van der Waals surface area contributed by atoms with E-state index in [9.17, 15) is 22.8 Å². The number of amides is 2. The molecule has 6 nitrogen and oxygen atoms in total. The molecule has 0 aliphatic carbocycles. The fraction of sp³-hybridized carbons (Fsp3) is 0.625. The normalized spacial score (nSPS) is 31.1. The van der Waals surface area contributed by atoms with Gasteiger partial charge in [0, 0.05) is 18.4 Å². The van der Waals surface area contributed by atoms with Crippen molar-refractivity contribution in [2.75, 3.05) is 29.9 Å². The molecule has 3 fully saturated rings. The summed E-state index contributed by atoms with van der Waals surface area (Å²) in [5.41, 5.74) is -3.70. The summed E-state index contributed by atoms with van der Waals surface area (Å²) in [5, 5.41) is 10.0. The molecule has 184 valence electrons. The Labute approximate surface area is 205 Å². The molecule has 0 radical (unpaired) electrons. The van der Waals surface area contributed by atoms with Gasteiger partial charge in [-0.05, 0) is 51.4 Å². The first-order valence-corrected chi connectivity index (χ1v) is 12.5. The minimum Gasteiger partial charge on any atom is -0.365 e. The quantitative estimate of drug-likeness (QED) is 0.288. The topological polar surface area (TPSA) is 73.6 Å². The standard InChI is InChI=1S/C24H27BrF3N3O3/c1-22-13-30(10-6-4-3-5-9-25)14-23(2,34-22)19-18(22)20(32)31(21(19)33)16-8-7-15(12-29)17(11-16)24(26,27)28/h7-8,11,18-19H,3-6,9-10,13-14H2,1-2H3. The number of alkyl halides is 4. The maximum absolute atomic E-state index is 13.5. The van der Waals surface area contributed by atoms with E-state index in [-0.39, 0.29) is 5.69 Å². The molecule has 10 heteroatoms.